The monoisotopic (exact) mass is 198 g/mol. The van der Waals surface area contributed by atoms with Crippen LogP contribution in [0.25, 0.3) is 0 Å². The van der Waals surface area contributed by atoms with E-state index in [0.29, 0.717) is 5.04 Å². The van der Waals surface area contributed by atoms with Crippen LogP contribution in [-0.2, 0) is 8.85 Å². The molecule has 3 heteroatoms. The molecule has 74 valence electrons. The highest BCUT2D eigenvalue weighted by molar-refractivity contribution is 6.49. The Morgan fingerprint density at radius 2 is 2.00 bits per heavy atom. The lowest BCUT2D eigenvalue weighted by atomic mass is 9.96. The van der Waals surface area contributed by atoms with Gasteiger partial charge in [-0.25, -0.2) is 0 Å². The minimum atomic E-state index is -1.46. The summed E-state index contributed by atoms with van der Waals surface area (Å²) in [7, 11) is 2.12. The molecule has 2 aliphatic carbocycles. The molecule has 0 N–H and O–H groups in total. The van der Waals surface area contributed by atoms with Gasteiger partial charge in [-0.15, -0.1) is 0 Å². The predicted octanol–water partition coefficient (Wildman–Crippen LogP) is 1.86. The second-order valence-electron chi connectivity index (χ2n) is 4.44. The normalized spacial score (nSPS) is 42.2. The zero-order valence-corrected chi connectivity index (χ0v) is 9.77. The molecule has 0 aliphatic heterocycles. The minimum Gasteiger partial charge on any atom is -0.399 e. The van der Waals surface area contributed by atoms with Gasteiger partial charge in [0, 0.05) is 19.3 Å². The fraction of sp³-hybridized carbons (Fsp3) is 0.800. The largest absolute Gasteiger partial charge is 0.399 e. The molecule has 0 spiro atoms. The van der Waals surface area contributed by atoms with Crippen molar-refractivity contribution in [2.45, 2.75) is 24.8 Å². The van der Waals surface area contributed by atoms with Crippen molar-refractivity contribution in [2.24, 2.45) is 11.8 Å². The first-order valence-corrected chi connectivity index (χ1v) is 6.49. The van der Waals surface area contributed by atoms with Crippen LogP contribution in [0.5, 0.6) is 0 Å². The second kappa shape index (κ2) is 3.22. The molecular weight excluding hydrogens is 180 g/mol. The Balaban J connectivity index is 2.18. The van der Waals surface area contributed by atoms with Gasteiger partial charge in [-0.3, -0.25) is 0 Å². The molecule has 0 aromatic carbocycles. The van der Waals surface area contributed by atoms with Crippen LogP contribution in [0.2, 0.25) is 5.04 Å². The highest BCUT2D eigenvalue weighted by Gasteiger charge is 2.51. The molecule has 0 amide bonds. The number of fused-ring (bicyclic) bond motifs is 2. The Hall–Kier alpha value is -0.123. The predicted molar refractivity (Wildman–Crippen MR) is 54.9 cm³/mol. The third-order valence-corrected chi connectivity index (χ3v) is 6.08. The maximum Gasteiger partial charge on any atom is 0.331 e. The van der Waals surface area contributed by atoms with E-state index in [2.05, 4.69) is 19.1 Å². The average molecular weight is 198 g/mol. The van der Waals surface area contributed by atoms with Crippen LogP contribution in [0.15, 0.2) is 12.2 Å². The molecule has 0 saturated heterocycles. The maximum absolute atomic E-state index is 5.52. The number of allylic oxidation sites excluding steroid dienone is 2. The molecule has 3 unspecified atom stereocenters. The smallest absolute Gasteiger partial charge is 0.331 e. The lowest BCUT2D eigenvalue weighted by Gasteiger charge is -2.29. The first-order chi connectivity index (χ1) is 6.22. The van der Waals surface area contributed by atoms with Crippen molar-refractivity contribution in [3.63, 3.8) is 0 Å². The van der Waals surface area contributed by atoms with Gasteiger partial charge in [0.1, 0.15) is 0 Å². The van der Waals surface area contributed by atoms with E-state index >= 15 is 0 Å². The molecular formula is C10H18O2Si. The van der Waals surface area contributed by atoms with Gasteiger partial charge in [-0.2, -0.15) is 0 Å². The Kier molecular flexibility index (Phi) is 2.34. The fourth-order valence-corrected chi connectivity index (χ4v) is 5.45. The van der Waals surface area contributed by atoms with Crippen LogP contribution in [0, 0.1) is 11.8 Å². The third kappa shape index (κ3) is 1.30. The molecule has 13 heavy (non-hydrogen) atoms. The summed E-state index contributed by atoms with van der Waals surface area (Å²) in [4.78, 5) is 0. The van der Waals surface area contributed by atoms with Gasteiger partial charge < -0.3 is 8.85 Å². The fourth-order valence-electron chi connectivity index (χ4n) is 3.02. The summed E-state index contributed by atoms with van der Waals surface area (Å²) in [6, 6.07) is 0. The van der Waals surface area contributed by atoms with Crippen LogP contribution in [0.4, 0.5) is 0 Å². The Labute approximate surface area is 81.8 Å². The Morgan fingerprint density at radius 1 is 1.31 bits per heavy atom. The lowest BCUT2D eigenvalue weighted by molar-refractivity contribution is 0.250. The highest BCUT2D eigenvalue weighted by atomic mass is 28.3. The molecule has 0 heterocycles. The third-order valence-electron chi connectivity index (χ3n) is 3.62. The number of hydrogen-bond donors (Lipinski definition) is 0. The quantitative estimate of drug-likeness (QED) is 0.509. The van der Waals surface area contributed by atoms with Gasteiger partial charge in [0.25, 0.3) is 0 Å². The summed E-state index contributed by atoms with van der Waals surface area (Å²) in [5.41, 5.74) is 0. The zero-order chi connectivity index (χ0) is 9.47. The summed E-state index contributed by atoms with van der Waals surface area (Å²) in [5, 5.41) is 0.313. The molecule has 3 atom stereocenters. The van der Waals surface area contributed by atoms with Crippen molar-refractivity contribution in [3.8, 4) is 0 Å². The van der Waals surface area contributed by atoms with E-state index in [1.807, 2.05) is 0 Å². The van der Waals surface area contributed by atoms with Gasteiger partial charge in [0.05, 0.1) is 0 Å². The molecule has 2 aliphatic rings. The molecule has 0 aromatic heterocycles. The van der Waals surface area contributed by atoms with Crippen molar-refractivity contribution >= 4 is 9.28 Å². The highest BCUT2D eigenvalue weighted by Crippen LogP contribution is 2.59. The average Bonchev–Trinajstić information content (AvgIpc) is 2.64. The van der Waals surface area contributed by atoms with Gasteiger partial charge >= 0.3 is 9.28 Å². The van der Waals surface area contributed by atoms with Crippen molar-refractivity contribution in [2.75, 3.05) is 14.2 Å². The standard InChI is InChI=1S/C10H18O2Si/c1-8-6-10(13(11-2)12-3)5-4-9(8)7-10/h4-5,8-9,13H,6-7H2,1-3H3. The maximum atomic E-state index is 5.52. The van der Waals surface area contributed by atoms with Gasteiger partial charge in [-0.1, -0.05) is 19.1 Å². The van der Waals surface area contributed by atoms with Gasteiger partial charge in [0.2, 0.25) is 0 Å². The van der Waals surface area contributed by atoms with Crippen LogP contribution in [0.1, 0.15) is 19.8 Å². The van der Waals surface area contributed by atoms with Crippen LogP contribution >= 0.6 is 0 Å². The van der Waals surface area contributed by atoms with E-state index in [9.17, 15) is 0 Å². The lowest BCUT2D eigenvalue weighted by Crippen LogP contribution is -2.33. The van der Waals surface area contributed by atoms with E-state index in [0.717, 1.165) is 11.8 Å². The molecule has 1 saturated carbocycles. The van der Waals surface area contributed by atoms with E-state index in [4.69, 9.17) is 8.85 Å². The van der Waals surface area contributed by atoms with Crippen molar-refractivity contribution in [1.29, 1.82) is 0 Å². The van der Waals surface area contributed by atoms with Crippen molar-refractivity contribution in [1.82, 2.24) is 0 Å². The SMILES string of the molecule is CO[SiH](OC)C12C=CC(C1)C(C)C2. The summed E-state index contributed by atoms with van der Waals surface area (Å²) in [5.74, 6) is 1.62. The first-order valence-electron chi connectivity index (χ1n) is 4.97. The zero-order valence-electron chi connectivity index (χ0n) is 8.62. The van der Waals surface area contributed by atoms with E-state index in [-0.39, 0.29) is 0 Å². The van der Waals surface area contributed by atoms with Crippen LogP contribution in [0.3, 0.4) is 0 Å². The van der Waals surface area contributed by atoms with Crippen molar-refractivity contribution < 1.29 is 8.85 Å². The van der Waals surface area contributed by atoms with Crippen LogP contribution in [-0.4, -0.2) is 23.5 Å². The van der Waals surface area contributed by atoms with E-state index < -0.39 is 9.28 Å². The molecule has 2 bridgehead atoms. The summed E-state index contributed by atoms with van der Waals surface area (Å²) in [6.45, 7) is 2.34. The van der Waals surface area contributed by atoms with Gasteiger partial charge in [0.15, 0.2) is 0 Å². The van der Waals surface area contributed by atoms with E-state index in [1.165, 1.54) is 12.8 Å². The molecule has 1 fully saturated rings. The Morgan fingerprint density at radius 3 is 2.38 bits per heavy atom. The second-order valence-corrected chi connectivity index (χ2v) is 7.20. The summed E-state index contributed by atoms with van der Waals surface area (Å²) < 4.78 is 11.0. The van der Waals surface area contributed by atoms with Crippen molar-refractivity contribution in [3.05, 3.63) is 12.2 Å². The minimum absolute atomic E-state index is 0.313. The molecule has 2 rings (SSSR count). The topological polar surface area (TPSA) is 18.5 Å². The molecule has 2 nitrogen and oxygen atoms in total. The number of rotatable bonds is 3. The summed E-state index contributed by atoms with van der Waals surface area (Å²) >= 11 is 0. The molecule has 0 aromatic rings. The Bertz CT molecular complexity index is 225. The number of hydrogen-bond acceptors (Lipinski definition) is 2. The van der Waals surface area contributed by atoms with E-state index in [1.54, 1.807) is 14.2 Å². The molecule has 0 radical (unpaired) electrons. The van der Waals surface area contributed by atoms with Crippen LogP contribution < -0.4 is 0 Å². The van der Waals surface area contributed by atoms with Gasteiger partial charge in [-0.05, 0) is 24.7 Å². The summed E-state index contributed by atoms with van der Waals surface area (Å²) in [6.07, 6.45) is 7.27. The first kappa shape index (κ1) is 9.43.